The second-order valence-corrected chi connectivity index (χ2v) is 7.46. The van der Waals surface area contributed by atoms with E-state index in [1.165, 1.54) is 0 Å². The predicted molar refractivity (Wildman–Crippen MR) is 118 cm³/mol. The minimum atomic E-state index is -1.21. The fraction of sp³-hybridized carbons (Fsp3) is 0.417. The number of hydrogen-bond donors (Lipinski definition) is 2. The molecule has 1 fully saturated rings. The van der Waals surface area contributed by atoms with Crippen LogP contribution in [-0.2, 0) is 27.3 Å². The minimum absolute atomic E-state index is 0.0209. The molecule has 0 saturated carbocycles. The first-order valence-electron chi connectivity index (χ1n) is 10.7. The van der Waals surface area contributed by atoms with Crippen LogP contribution < -0.4 is 14.8 Å². The molecule has 1 saturated heterocycles. The largest absolute Gasteiger partial charge is 0.494 e. The van der Waals surface area contributed by atoms with E-state index in [1.807, 2.05) is 26.0 Å². The van der Waals surface area contributed by atoms with Crippen LogP contribution in [0.4, 0.5) is 10.5 Å². The van der Waals surface area contributed by atoms with Gasteiger partial charge in [0.05, 0.1) is 13.2 Å². The number of benzene rings is 2. The quantitative estimate of drug-likeness (QED) is 0.561. The lowest BCUT2D eigenvalue weighted by Crippen LogP contribution is -2.40. The third-order valence-corrected chi connectivity index (χ3v) is 5.18. The van der Waals surface area contributed by atoms with Gasteiger partial charge in [0.2, 0.25) is 0 Å². The molecule has 1 heterocycles. The summed E-state index contributed by atoms with van der Waals surface area (Å²) < 4.78 is 22.0. The van der Waals surface area contributed by atoms with E-state index < -0.39 is 17.7 Å². The Hall–Kier alpha value is -3.26. The fourth-order valence-corrected chi connectivity index (χ4v) is 3.66. The number of ether oxygens (including phenoxy) is 4. The fourth-order valence-electron chi connectivity index (χ4n) is 3.66. The van der Waals surface area contributed by atoms with Gasteiger partial charge in [-0.2, -0.15) is 0 Å². The lowest BCUT2D eigenvalue weighted by atomic mass is 9.91. The van der Waals surface area contributed by atoms with Crippen molar-refractivity contribution < 1.29 is 33.6 Å². The number of carbonyl (C=O) groups excluding carboxylic acids is 1. The summed E-state index contributed by atoms with van der Waals surface area (Å²) >= 11 is 0. The Morgan fingerprint density at radius 3 is 2.47 bits per heavy atom. The lowest BCUT2D eigenvalue weighted by Gasteiger charge is -2.24. The molecule has 1 atom stereocenters. The maximum Gasteiger partial charge on any atom is 0.411 e. The maximum absolute atomic E-state index is 12.3. The number of rotatable bonds is 10. The van der Waals surface area contributed by atoms with Crippen molar-refractivity contribution in [2.75, 3.05) is 25.1 Å². The zero-order valence-electron chi connectivity index (χ0n) is 18.4. The summed E-state index contributed by atoms with van der Waals surface area (Å²) in [5, 5.41) is 12.3. The molecule has 1 aliphatic heterocycles. The van der Waals surface area contributed by atoms with Gasteiger partial charge in [0, 0.05) is 24.3 Å². The van der Waals surface area contributed by atoms with Gasteiger partial charge in [-0.25, -0.2) is 9.59 Å². The highest BCUT2D eigenvalue weighted by Crippen LogP contribution is 2.32. The van der Waals surface area contributed by atoms with E-state index in [0.29, 0.717) is 49.7 Å². The van der Waals surface area contributed by atoms with Crippen molar-refractivity contribution in [1.29, 1.82) is 0 Å². The topological polar surface area (TPSA) is 103 Å². The van der Waals surface area contributed by atoms with Gasteiger partial charge >= 0.3 is 12.1 Å². The van der Waals surface area contributed by atoms with Gasteiger partial charge in [0.15, 0.2) is 5.60 Å². The van der Waals surface area contributed by atoms with E-state index in [4.69, 9.17) is 18.9 Å². The molecule has 0 aliphatic carbocycles. The Kier molecular flexibility index (Phi) is 7.94. The van der Waals surface area contributed by atoms with Gasteiger partial charge in [-0.1, -0.05) is 6.07 Å². The number of hydrogen-bond acceptors (Lipinski definition) is 6. The SMILES string of the molecule is CCOc1ccc(NC(=O)OCc2cc(CC3(C(=O)O)CCCO3)ccc2OCC)cc1. The van der Waals surface area contributed by atoms with E-state index in [2.05, 4.69) is 5.32 Å². The van der Waals surface area contributed by atoms with Crippen molar-refractivity contribution in [3.8, 4) is 11.5 Å². The van der Waals surface area contributed by atoms with Crippen LogP contribution >= 0.6 is 0 Å². The molecule has 1 aliphatic rings. The normalized spacial score (nSPS) is 17.6. The van der Waals surface area contributed by atoms with Gasteiger partial charge in [-0.3, -0.25) is 5.32 Å². The zero-order chi connectivity index (χ0) is 23.0. The third kappa shape index (κ3) is 5.91. The van der Waals surface area contributed by atoms with Crippen LogP contribution in [0.1, 0.15) is 37.8 Å². The van der Waals surface area contributed by atoms with Crippen LogP contribution in [0.15, 0.2) is 42.5 Å². The monoisotopic (exact) mass is 443 g/mol. The zero-order valence-corrected chi connectivity index (χ0v) is 18.4. The van der Waals surface area contributed by atoms with Gasteiger partial charge in [-0.15, -0.1) is 0 Å². The summed E-state index contributed by atoms with van der Waals surface area (Å²) in [6, 6.07) is 12.4. The van der Waals surface area contributed by atoms with E-state index in [-0.39, 0.29) is 13.0 Å². The first-order chi connectivity index (χ1) is 15.5. The molecule has 0 spiro atoms. The number of carboxylic acids is 1. The van der Waals surface area contributed by atoms with Gasteiger partial charge < -0.3 is 24.1 Å². The van der Waals surface area contributed by atoms with Crippen molar-refractivity contribution in [2.24, 2.45) is 0 Å². The average molecular weight is 443 g/mol. The molecule has 172 valence electrons. The van der Waals surface area contributed by atoms with Crippen molar-refractivity contribution >= 4 is 17.7 Å². The van der Waals surface area contributed by atoms with Crippen LogP contribution in [0, 0.1) is 0 Å². The number of nitrogens with one attached hydrogen (secondary N) is 1. The summed E-state index contributed by atoms with van der Waals surface area (Å²) in [6.45, 7) is 5.20. The van der Waals surface area contributed by atoms with E-state index in [9.17, 15) is 14.7 Å². The first-order valence-corrected chi connectivity index (χ1v) is 10.7. The van der Waals surface area contributed by atoms with Gasteiger partial charge in [0.25, 0.3) is 0 Å². The van der Waals surface area contributed by atoms with Gasteiger partial charge in [0.1, 0.15) is 18.1 Å². The number of carbonyl (C=O) groups is 2. The van der Waals surface area contributed by atoms with E-state index in [0.717, 1.165) is 11.3 Å². The summed E-state index contributed by atoms with van der Waals surface area (Å²) in [5.74, 6) is 0.341. The molecule has 0 radical (unpaired) electrons. The molecule has 32 heavy (non-hydrogen) atoms. The molecule has 1 unspecified atom stereocenters. The Bertz CT molecular complexity index is 920. The first kappa shape index (κ1) is 23.4. The Labute approximate surface area is 187 Å². The number of anilines is 1. The number of aliphatic carboxylic acids is 1. The second kappa shape index (κ2) is 10.9. The molecule has 2 N–H and O–H groups in total. The van der Waals surface area contributed by atoms with E-state index in [1.54, 1.807) is 30.3 Å². The van der Waals surface area contributed by atoms with Gasteiger partial charge in [-0.05, 0) is 68.7 Å². The smallest absolute Gasteiger partial charge is 0.411 e. The van der Waals surface area contributed by atoms with Crippen LogP contribution in [-0.4, -0.2) is 42.6 Å². The maximum atomic E-state index is 12.3. The highest BCUT2D eigenvalue weighted by molar-refractivity contribution is 5.84. The van der Waals surface area contributed by atoms with Crippen molar-refractivity contribution in [1.82, 2.24) is 0 Å². The predicted octanol–water partition coefficient (Wildman–Crippen LogP) is 4.41. The molecule has 1 amide bonds. The van der Waals surface area contributed by atoms with Crippen LogP contribution in [0.2, 0.25) is 0 Å². The molecule has 3 rings (SSSR count). The van der Waals surface area contributed by atoms with Crippen molar-refractivity contribution in [3.63, 3.8) is 0 Å². The van der Waals surface area contributed by atoms with Crippen molar-refractivity contribution in [2.45, 2.75) is 45.3 Å². The van der Waals surface area contributed by atoms with Crippen LogP contribution in [0.5, 0.6) is 11.5 Å². The molecular formula is C24H29NO7. The summed E-state index contributed by atoms with van der Waals surface area (Å²) in [4.78, 5) is 24.1. The van der Waals surface area contributed by atoms with Crippen molar-refractivity contribution in [3.05, 3.63) is 53.6 Å². The Balaban J connectivity index is 1.66. The molecule has 8 heteroatoms. The molecule has 2 aromatic carbocycles. The number of carboxylic acid groups (broad SMARTS) is 1. The minimum Gasteiger partial charge on any atom is -0.494 e. The highest BCUT2D eigenvalue weighted by Gasteiger charge is 2.43. The molecule has 0 bridgehead atoms. The van der Waals surface area contributed by atoms with Crippen LogP contribution in [0.25, 0.3) is 0 Å². The second-order valence-electron chi connectivity index (χ2n) is 7.46. The van der Waals surface area contributed by atoms with E-state index >= 15 is 0 Å². The third-order valence-electron chi connectivity index (χ3n) is 5.18. The average Bonchev–Trinajstić information content (AvgIpc) is 3.25. The highest BCUT2D eigenvalue weighted by atomic mass is 16.6. The lowest BCUT2D eigenvalue weighted by molar-refractivity contribution is -0.159. The summed E-state index contributed by atoms with van der Waals surface area (Å²) in [7, 11) is 0. The summed E-state index contributed by atoms with van der Waals surface area (Å²) in [5.41, 5.74) is 0.808. The Morgan fingerprint density at radius 1 is 1.09 bits per heavy atom. The summed E-state index contributed by atoms with van der Waals surface area (Å²) in [6.07, 6.45) is 0.805. The Morgan fingerprint density at radius 2 is 1.84 bits per heavy atom. The molecule has 0 aromatic heterocycles. The number of amides is 1. The van der Waals surface area contributed by atoms with Crippen LogP contribution in [0.3, 0.4) is 0 Å². The molecular weight excluding hydrogens is 414 g/mol. The standard InChI is InChI=1S/C24H29NO7/c1-3-29-20-9-7-19(8-10-20)25-23(28)31-16-18-14-17(6-11-21(18)30-4-2)15-24(22(26)27)12-5-13-32-24/h6-11,14H,3-5,12-13,15-16H2,1-2H3,(H,25,28)(H,26,27). The molecule has 8 nitrogen and oxygen atoms in total. The molecule has 2 aromatic rings.